The highest BCUT2D eigenvalue weighted by molar-refractivity contribution is 5.32. The standard InChI is InChI=1S/C31H52O4/c1-17-15-18(24(33)26(2,3)4)35-23-22(17)28(7)13-14-31-16-30(31)12-11-21(32)27(5,6)19(30)9-10-20(31)29(28,8)25(23)34/h17-25,32-34H,9-16H2,1-8H3/t17-,18?,19+,20+,21+,22?,23?,24?,25+,28-,29-,30-,31?/m1/s1. The van der Waals surface area contributed by atoms with Crippen LogP contribution in [0.3, 0.4) is 0 Å². The summed E-state index contributed by atoms with van der Waals surface area (Å²) in [7, 11) is 0. The predicted molar refractivity (Wildman–Crippen MR) is 138 cm³/mol. The van der Waals surface area contributed by atoms with Gasteiger partial charge in [-0.2, -0.15) is 0 Å². The quantitative estimate of drug-likeness (QED) is 0.451. The van der Waals surface area contributed by atoms with Crippen molar-refractivity contribution in [2.24, 2.45) is 56.2 Å². The van der Waals surface area contributed by atoms with Gasteiger partial charge in [0.05, 0.1) is 30.5 Å². The molecule has 5 unspecified atom stereocenters. The van der Waals surface area contributed by atoms with Crippen LogP contribution < -0.4 is 0 Å². The normalized spacial score (nSPS) is 59.4. The molecule has 0 bridgehead atoms. The van der Waals surface area contributed by atoms with Crippen LogP contribution in [0, 0.1) is 56.2 Å². The zero-order valence-corrected chi connectivity index (χ0v) is 23.6. The van der Waals surface area contributed by atoms with E-state index in [2.05, 4.69) is 55.4 Å². The average Bonchev–Trinajstić information content (AvgIpc) is 3.40. The fourth-order valence-electron chi connectivity index (χ4n) is 12.1. The lowest BCUT2D eigenvalue weighted by molar-refractivity contribution is -0.189. The molecule has 5 aliphatic carbocycles. The van der Waals surface area contributed by atoms with Gasteiger partial charge in [-0.05, 0) is 102 Å². The van der Waals surface area contributed by atoms with Crippen LogP contribution in [0.15, 0.2) is 0 Å². The Morgan fingerprint density at radius 2 is 1.51 bits per heavy atom. The van der Waals surface area contributed by atoms with Crippen molar-refractivity contribution in [2.45, 2.75) is 137 Å². The smallest absolute Gasteiger partial charge is 0.0880 e. The van der Waals surface area contributed by atoms with Gasteiger partial charge in [0.25, 0.3) is 0 Å². The Balaban J connectivity index is 1.36. The molecule has 0 amide bonds. The highest BCUT2D eigenvalue weighted by atomic mass is 16.5. The third-order valence-corrected chi connectivity index (χ3v) is 14.0. The molecular formula is C31H52O4. The maximum atomic E-state index is 12.2. The van der Waals surface area contributed by atoms with Crippen LogP contribution in [0.2, 0.25) is 0 Å². The third kappa shape index (κ3) is 2.74. The average molecular weight is 489 g/mol. The van der Waals surface area contributed by atoms with E-state index < -0.39 is 12.2 Å². The minimum atomic E-state index is -0.522. The van der Waals surface area contributed by atoms with Crippen LogP contribution in [0.1, 0.15) is 107 Å². The first-order chi connectivity index (χ1) is 16.1. The van der Waals surface area contributed by atoms with Crippen molar-refractivity contribution in [1.29, 1.82) is 0 Å². The first-order valence-electron chi connectivity index (χ1n) is 14.8. The largest absolute Gasteiger partial charge is 0.393 e. The van der Waals surface area contributed by atoms with Crippen LogP contribution in [0.4, 0.5) is 0 Å². The molecule has 4 heteroatoms. The highest BCUT2D eigenvalue weighted by Gasteiger charge is 2.84. The van der Waals surface area contributed by atoms with Crippen molar-refractivity contribution < 1.29 is 20.1 Å². The van der Waals surface area contributed by atoms with Crippen molar-refractivity contribution >= 4 is 0 Å². The molecule has 3 N–H and O–H groups in total. The van der Waals surface area contributed by atoms with Crippen LogP contribution in [-0.4, -0.2) is 45.8 Å². The molecule has 0 aromatic rings. The Labute approximate surface area is 213 Å². The van der Waals surface area contributed by atoms with Crippen LogP contribution >= 0.6 is 0 Å². The fraction of sp³-hybridized carbons (Fsp3) is 1.00. The van der Waals surface area contributed by atoms with Crippen molar-refractivity contribution in [3.05, 3.63) is 0 Å². The van der Waals surface area contributed by atoms with E-state index in [1.54, 1.807) is 0 Å². The second-order valence-corrected chi connectivity index (χ2v) is 16.4. The topological polar surface area (TPSA) is 69.9 Å². The van der Waals surface area contributed by atoms with Gasteiger partial charge in [-0.25, -0.2) is 0 Å². The third-order valence-electron chi connectivity index (χ3n) is 14.0. The van der Waals surface area contributed by atoms with Gasteiger partial charge in [-0.1, -0.05) is 55.4 Å². The summed E-state index contributed by atoms with van der Waals surface area (Å²) in [5, 5.41) is 34.3. The number of hydrogen-bond donors (Lipinski definition) is 3. The monoisotopic (exact) mass is 488 g/mol. The second kappa shape index (κ2) is 7.07. The molecule has 0 aromatic carbocycles. The molecular weight excluding hydrogens is 436 g/mol. The first-order valence-corrected chi connectivity index (χ1v) is 14.8. The Bertz CT molecular complexity index is 893. The molecule has 0 aromatic heterocycles. The van der Waals surface area contributed by atoms with E-state index in [4.69, 9.17) is 4.74 Å². The molecule has 13 atom stereocenters. The van der Waals surface area contributed by atoms with Gasteiger partial charge in [0.15, 0.2) is 0 Å². The molecule has 0 radical (unpaired) electrons. The summed E-state index contributed by atoms with van der Waals surface area (Å²) in [4.78, 5) is 0. The van der Waals surface area contributed by atoms with Gasteiger partial charge < -0.3 is 20.1 Å². The number of hydrogen-bond acceptors (Lipinski definition) is 4. The molecule has 1 saturated heterocycles. The first kappa shape index (κ1) is 25.1. The Hall–Kier alpha value is -0.160. The maximum Gasteiger partial charge on any atom is 0.0880 e. The number of rotatable bonds is 1. The molecule has 4 nitrogen and oxygen atoms in total. The molecule has 6 aliphatic rings. The summed E-state index contributed by atoms with van der Waals surface area (Å²) >= 11 is 0. The summed E-state index contributed by atoms with van der Waals surface area (Å²) in [6, 6.07) is 0. The van der Waals surface area contributed by atoms with Crippen molar-refractivity contribution in [3.8, 4) is 0 Å². The molecule has 35 heavy (non-hydrogen) atoms. The molecule has 6 rings (SSSR count). The lowest BCUT2D eigenvalue weighted by Gasteiger charge is -2.63. The number of aliphatic hydroxyl groups is 3. The van der Waals surface area contributed by atoms with E-state index in [1.165, 1.54) is 38.5 Å². The molecule has 1 heterocycles. The summed E-state index contributed by atoms with van der Waals surface area (Å²) in [6.45, 7) is 18.2. The predicted octanol–water partition coefficient (Wildman–Crippen LogP) is 5.57. The van der Waals surface area contributed by atoms with Crippen molar-refractivity contribution in [3.63, 3.8) is 0 Å². The van der Waals surface area contributed by atoms with Gasteiger partial charge in [0, 0.05) is 5.41 Å². The molecule has 5 saturated carbocycles. The highest BCUT2D eigenvalue weighted by Crippen LogP contribution is 2.89. The van der Waals surface area contributed by atoms with Gasteiger partial charge in [0.2, 0.25) is 0 Å². The van der Waals surface area contributed by atoms with Gasteiger partial charge in [-0.3, -0.25) is 0 Å². The lowest BCUT2D eigenvalue weighted by Crippen LogP contribution is -2.59. The number of ether oxygens (including phenoxy) is 1. The molecule has 2 spiro atoms. The van der Waals surface area contributed by atoms with E-state index in [1.807, 2.05) is 0 Å². The zero-order valence-electron chi connectivity index (χ0n) is 23.6. The van der Waals surface area contributed by atoms with E-state index >= 15 is 0 Å². The Morgan fingerprint density at radius 3 is 2.17 bits per heavy atom. The summed E-state index contributed by atoms with van der Waals surface area (Å²) in [5.74, 6) is 1.91. The Morgan fingerprint density at radius 1 is 0.886 bits per heavy atom. The minimum Gasteiger partial charge on any atom is -0.393 e. The minimum absolute atomic E-state index is 0.00933. The second-order valence-electron chi connectivity index (χ2n) is 16.4. The van der Waals surface area contributed by atoms with Crippen LogP contribution in [0.25, 0.3) is 0 Å². The molecule has 1 aliphatic heterocycles. The summed E-state index contributed by atoms with van der Waals surface area (Å²) in [5.41, 5.74) is 0.361. The summed E-state index contributed by atoms with van der Waals surface area (Å²) in [6.07, 6.45) is 7.55. The number of aliphatic hydroxyl groups excluding tert-OH is 3. The maximum absolute atomic E-state index is 12.2. The van der Waals surface area contributed by atoms with Crippen LogP contribution in [0.5, 0.6) is 0 Å². The van der Waals surface area contributed by atoms with Crippen molar-refractivity contribution in [2.75, 3.05) is 0 Å². The van der Waals surface area contributed by atoms with Gasteiger partial charge >= 0.3 is 0 Å². The Kier molecular flexibility index (Phi) is 5.08. The molecule has 6 fully saturated rings. The van der Waals surface area contributed by atoms with Crippen molar-refractivity contribution in [1.82, 2.24) is 0 Å². The van der Waals surface area contributed by atoms with Crippen LogP contribution in [-0.2, 0) is 4.74 Å². The summed E-state index contributed by atoms with van der Waals surface area (Å²) < 4.78 is 6.75. The molecule has 200 valence electrons. The van der Waals surface area contributed by atoms with E-state index in [-0.39, 0.29) is 40.0 Å². The van der Waals surface area contributed by atoms with Gasteiger partial charge in [0.1, 0.15) is 0 Å². The van der Waals surface area contributed by atoms with E-state index in [0.717, 1.165) is 12.8 Å². The number of fused-ring (bicyclic) bond motifs is 4. The van der Waals surface area contributed by atoms with Gasteiger partial charge in [-0.15, -0.1) is 0 Å². The van der Waals surface area contributed by atoms with E-state index in [0.29, 0.717) is 34.5 Å². The van der Waals surface area contributed by atoms with E-state index in [9.17, 15) is 15.3 Å². The fourth-order valence-corrected chi connectivity index (χ4v) is 12.1. The zero-order chi connectivity index (χ0) is 25.6. The lowest BCUT2D eigenvalue weighted by atomic mass is 9.41. The SMILES string of the molecule is C[C@@H]1CC(C(O)C(C)(C)C)OC2C1[C@@]1(C)CCC34C[C@@]35CC[C@H](O)C(C)(C)[C@@H]5CC[C@H]4[C@]1(C)[C@H]2O.